The number of benzene rings is 1. The van der Waals surface area contributed by atoms with Crippen LogP contribution in [0.1, 0.15) is 19.4 Å². The molecule has 0 bridgehead atoms. The van der Waals surface area contributed by atoms with Gasteiger partial charge in [0.05, 0.1) is 25.3 Å². The first kappa shape index (κ1) is 20.5. The van der Waals surface area contributed by atoms with Crippen molar-refractivity contribution in [3.63, 3.8) is 0 Å². The maximum Gasteiger partial charge on any atom is 0.410 e. The van der Waals surface area contributed by atoms with E-state index in [1.165, 1.54) is 7.05 Å². The van der Waals surface area contributed by atoms with Gasteiger partial charge in [-0.15, -0.1) is 4.39 Å². The van der Waals surface area contributed by atoms with E-state index in [0.717, 1.165) is 22.0 Å². The van der Waals surface area contributed by atoms with E-state index in [9.17, 15) is 9.18 Å². The van der Waals surface area contributed by atoms with Gasteiger partial charge in [0.1, 0.15) is 0 Å². The number of halogens is 1. The van der Waals surface area contributed by atoms with Crippen LogP contribution in [-0.4, -0.2) is 41.3 Å². The molecule has 0 saturated carbocycles. The number of hydrogen-bond acceptors (Lipinski definition) is 5. The highest BCUT2D eigenvalue weighted by molar-refractivity contribution is 8.15. The minimum atomic E-state index is -2.79. The minimum absolute atomic E-state index is 0.382. The molecule has 0 radical (unpaired) electrons. The van der Waals surface area contributed by atoms with E-state index in [2.05, 4.69) is 0 Å². The van der Waals surface area contributed by atoms with Crippen LogP contribution < -0.4 is 0 Å². The van der Waals surface area contributed by atoms with Crippen molar-refractivity contribution in [3.8, 4) is 0 Å². The summed E-state index contributed by atoms with van der Waals surface area (Å²) in [6.45, 7) is 2.10. The zero-order valence-electron chi connectivity index (χ0n) is 13.5. The second kappa shape index (κ2) is 10.4. The first-order valence-corrected chi connectivity index (χ1v) is 10.6. The molecule has 1 aromatic rings. The summed E-state index contributed by atoms with van der Waals surface area (Å²) in [6, 6.07) is 9.84. The second-order valence-electron chi connectivity index (χ2n) is 4.45. The molecule has 0 aliphatic carbocycles. The molecule has 0 saturated heterocycles. The van der Waals surface area contributed by atoms with Gasteiger partial charge in [-0.2, -0.15) is 4.08 Å². The highest BCUT2D eigenvalue weighted by Crippen LogP contribution is 2.56. The molecule has 1 amide bonds. The summed E-state index contributed by atoms with van der Waals surface area (Å²) in [7, 11) is 1.35. The molecule has 1 aromatic carbocycles. The van der Waals surface area contributed by atoms with Gasteiger partial charge in [0, 0.05) is 13.6 Å². The maximum absolute atomic E-state index is 12.9. The lowest BCUT2D eigenvalue weighted by Crippen LogP contribution is -2.26. The maximum atomic E-state index is 12.9. The van der Waals surface area contributed by atoms with Crippen molar-refractivity contribution in [3.05, 3.63) is 35.9 Å². The molecule has 0 N–H and O–H groups in total. The molecule has 1 rings (SSSR count). The molecule has 0 aliphatic heterocycles. The van der Waals surface area contributed by atoms with E-state index in [4.69, 9.17) is 20.9 Å². The standard InChI is InChI=1S/C14H22FN2O3PS2/c1-4-19-21(22,20-5-2)17(23-16(3)14(15)18)12-11-13-9-7-6-8-10-13/h6-10H,4-5,11-12H2,1-3H3. The zero-order chi connectivity index (χ0) is 17.3. The topological polar surface area (TPSA) is 42.0 Å². The fourth-order valence-corrected chi connectivity index (χ4v) is 5.71. The molecule has 23 heavy (non-hydrogen) atoms. The number of nitrogens with zero attached hydrogens (tertiary/aromatic N) is 2. The Bertz CT molecular complexity index is 526. The lowest BCUT2D eigenvalue weighted by molar-refractivity contribution is 0.208. The number of rotatable bonds is 10. The first-order valence-electron chi connectivity index (χ1n) is 7.25. The zero-order valence-corrected chi connectivity index (χ0v) is 16.0. The molecule has 0 unspecified atom stereocenters. The Morgan fingerprint density at radius 2 is 1.83 bits per heavy atom. The average Bonchev–Trinajstić information content (AvgIpc) is 2.52. The summed E-state index contributed by atoms with van der Waals surface area (Å²) in [4.78, 5) is 10.9. The van der Waals surface area contributed by atoms with Crippen LogP contribution in [0.25, 0.3) is 0 Å². The van der Waals surface area contributed by atoms with E-state index < -0.39 is 12.8 Å². The molecule has 0 aromatic heterocycles. The molecule has 5 nitrogen and oxygen atoms in total. The quantitative estimate of drug-likeness (QED) is 0.259. The van der Waals surface area contributed by atoms with Crippen LogP contribution in [0.2, 0.25) is 0 Å². The van der Waals surface area contributed by atoms with E-state index in [1.54, 1.807) is 4.08 Å². The summed E-state index contributed by atoms with van der Waals surface area (Å²) in [6.07, 6.45) is -0.866. The van der Waals surface area contributed by atoms with Gasteiger partial charge in [0.2, 0.25) is 0 Å². The second-order valence-corrected chi connectivity index (χ2v) is 9.19. The van der Waals surface area contributed by atoms with E-state index in [-0.39, 0.29) is 0 Å². The van der Waals surface area contributed by atoms with Crippen molar-refractivity contribution >= 4 is 36.7 Å². The first-order chi connectivity index (χ1) is 10.9. The van der Waals surface area contributed by atoms with Crippen molar-refractivity contribution < 1.29 is 18.2 Å². The van der Waals surface area contributed by atoms with Crippen LogP contribution in [0.4, 0.5) is 9.18 Å². The van der Waals surface area contributed by atoms with Crippen LogP contribution in [0.5, 0.6) is 0 Å². The third kappa shape index (κ3) is 6.87. The lowest BCUT2D eigenvalue weighted by atomic mass is 10.2. The van der Waals surface area contributed by atoms with Crippen molar-refractivity contribution in [1.82, 2.24) is 8.38 Å². The fraction of sp³-hybridized carbons (Fsp3) is 0.500. The molecule has 9 heteroatoms. The van der Waals surface area contributed by atoms with E-state index in [0.29, 0.717) is 26.2 Å². The van der Waals surface area contributed by atoms with Crippen LogP contribution in [-0.2, 0) is 27.3 Å². The van der Waals surface area contributed by atoms with Gasteiger partial charge >= 0.3 is 6.16 Å². The molecular weight excluding hydrogens is 358 g/mol. The van der Waals surface area contributed by atoms with Crippen LogP contribution in [0, 0.1) is 0 Å². The smallest absolute Gasteiger partial charge is 0.318 e. The number of hydrogen-bond donors (Lipinski definition) is 0. The average molecular weight is 380 g/mol. The molecule has 0 heterocycles. The Balaban J connectivity index is 2.90. The van der Waals surface area contributed by atoms with Crippen LogP contribution >= 0.6 is 18.8 Å². The largest absolute Gasteiger partial charge is 0.410 e. The van der Waals surface area contributed by atoms with Crippen LogP contribution in [0.3, 0.4) is 0 Å². The van der Waals surface area contributed by atoms with Crippen molar-refractivity contribution in [2.24, 2.45) is 0 Å². The summed E-state index contributed by atoms with van der Waals surface area (Å²) in [5, 5.41) is 0. The summed E-state index contributed by atoms with van der Waals surface area (Å²) >= 11 is 6.45. The Morgan fingerprint density at radius 3 is 2.30 bits per heavy atom. The van der Waals surface area contributed by atoms with Gasteiger partial charge in [0.25, 0.3) is 6.64 Å². The van der Waals surface area contributed by atoms with Crippen molar-refractivity contribution in [2.75, 3.05) is 26.8 Å². The Hall–Kier alpha value is -0.500. The monoisotopic (exact) mass is 380 g/mol. The third-order valence-electron chi connectivity index (χ3n) is 2.76. The predicted octanol–water partition coefficient (Wildman–Crippen LogP) is 4.41. The lowest BCUT2D eigenvalue weighted by Gasteiger charge is -2.33. The number of amides is 1. The van der Waals surface area contributed by atoms with E-state index in [1.807, 2.05) is 44.2 Å². The predicted molar refractivity (Wildman–Crippen MR) is 96.2 cm³/mol. The normalized spacial score (nSPS) is 11.7. The molecule has 0 atom stereocenters. The summed E-state index contributed by atoms with van der Waals surface area (Å²) < 4.78 is 26.8. The Labute approximate surface area is 146 Å². The van der Waals surface area contributed by atoms with Crippen LogP contribution in [0.15, 0.2) is 30.3 Å². The Morgan fingerprint density at radius 1 is 1.26 bits per heavy atom. The van der Waals surface area contributed by atoms with Gasteiger partial charge in [-0.05, 0) is 37.6 Å². The Kier molecular flexibility index (Phi) is 9.27. The van der Waals surface area contributed by atoms with Gasteiger partial charge in [-0.3, -0.25) is 0 Å². The van der Waals surface area contributed by atoms with Crippen molar-refractivity contribution in [1.29, 1.82) is 0 Å². The number of carbonyl (C=O) groups is 1. The van der Waals surface area contributed by atoms with Crippen molar-refractivity contribution in [2.45, 2.75) is 20.3 Å². The minimum Gasteiger partial charge on any atom is -0.318 e. The molecule has 0 fully saturated rings. The van der Waals surface area contributed by atoms with Gasteiger partial charge in [0.15, 0.2) is 0 Å². The SMILES string of the molecule is CCOP(=S)(OCC)N(CCc1ccccc1)SN(C)C(=O)F. The number of carbonyl (C=O) groups excluding carboxylic acids is 1. The molecule has 130 valence electrons. The van der Waals surface area contributed by atoms with Gasteiger partial charge < -0.3 is 9.05 Å². The summed E-state index contributed by atoms with van der Waals surface area (Å²) in [5.74, 6) is 0. The van der Waals surface area contributed by atoms with Gasteiger partial charge in [-0.25, -0.2) is 9.10 Å². The highest BCUT2D eigenvalue weighted by Gasteiger charge is 2.31. The molecule has 0 spiro atoms. The fourth-order valence-electron chi connectivity index (χ4n) is 1.74. The highest BCUT2D eigenvalue weighted by atomic mass is 32.5. The molecule has 0 aliphatic rings. The summed E-state index contributed by atoms with van der Waals surface area (Å²) in [5.41, 5.74) is 1.11. The van der Waals surface area contributed by atoms with Gasteiger partial charge in [-0.1, -0.05) is 30.3 Å². The van der Waals surface area contributed by atoms with E-state index >= 15 is 0 Å². The molecular formula is C14H22FN2O3PS2. The third-order valence-corrected chi connectivity index (χ3v) is 7.83.